The number of benzene rings is 1. The number of hydrogen-bond donors (Lipinski definition) is 2. The molecule has 1 aromatic carbocycles. The first-order chi connectivity index (χ1) is 7.19. The van der Waals surface area contributed by atoms with Crippen LogP contribution in [0, 0.1) is 0 Å². The molecule has 0 fully saturated rings. The van der Waals surface area contributed by atoms with Crippen LogP contribution in [0.4, 0.5) is 0 Å². The molecular formula is C12H17ClO2. The lowest BCUT2D eigenvalue weighted by Crippen LogP contribution is -2.16. The Morgan fingerprint density at radius 1 is 1.33 bits per heavy atom. The van der Waals surface area contributed by atoms with Gasteiger partial charge in [-0.05, 0) is 30.4 Å². The SMILES string of the molecule is CCC(CC(O)CO)c1ccccc1Cl. The highest BCUT2D eigenvalue weighted by molar-refractivity contribution is 6.31. The maximum Gasteiger partial charge on any atom is 0.0776 e. The minimum Gasteiger partial charge on any atom is -0.394 e. The van der Waals surface area contributed by atoms with E-state index < -0.39 is 6.10 Å². The van der Waals surface area contributed by atoms with Gasteiger partial charge in [-0.3, -0.25) is 0 Å². The van der Waals surface area contributed by atoms with Crippen LogP contribution in [0.5, 0.6) is 0 Å². The highest BCUT2D eigenvalue weighted by atomic mass is 35.5. The summed E-state index contributed by atoms with van der Waals surface area (Å²) >= 11 is 6.08. The first-order valence-corrected chi connectivity index (χ1v) is 5.60. The Labute approximate surface area is 95.5 Å². The van der Waals surface area contributed by atoms with E-state index in [1.54, 1.807) is 0 Å². The predicted molar refractivity (Wildman–Crippen MR) is 62.2 cm³/mol. The molecule has 0 radical (unpaired) electrons. The van der Waals surface area contributed by atoms with Crippen molar-refractivity contribution in [1.82, 2.24) is 0 Å². The number of rotatable bonds is 5. The summed E-state index contributed by atoms with van der Waals surface area (Å²) in [4.78, 5) is 0. The van der Waals surface area contributed by atoms with Gasteiger partial charge in [-0.2, -0.15) is 0 Å². The third-order valence-corrected chi connectivity index (χ3v) is 2.95. The summed E-state index contributed by atoms with van der Waals surface area (Å²) in [6, 6.07) is 7.65. The summed E-state index contributed by atoms with van der Waals surface area (Å²) in [5, 5.41) is 19.0. The largest absolute Gasteiger partial charge is 0.394 e. The van der Waals surface area contributed by atoms with E-state index in [-0.39, 0.29) is 12.5 Å². The molecule has 0 heterocycles. The van der Waals surface area contributed by atoms with Crippen LogP contribution < -0.4 is 0 Å². The molecule has 84 valence electrons. The molecule has 1 rings (SSSR count). The van der Waals surface area contributed by atoms with Crippen LogP contribution >= 0.6 is 11.6 Å². The number of aliphatic hydroxyl groups is 2. The molecule has 0 amide bonds. The van der Waals surface area contributed by atoms with Gasteiger partial charge in [-0.25, -0.2) is 0 Å². The predicted octanol–water partition coefficient (Wildman–Crippen LogP) is 2.58. The van der Waals surface area contributed by atoms with Gasteiger partial charge in [0.25, 0.3) is 0 Å². The van der Waals surface area contributed by atoms with E-state index in [0.717, 1.165) is 17.0 Å². The molecule has 0 aliphatic rings. The molecular weight excluding hydrogens is 212 g/mol. The van der Waals surface area contributed by atoms with E-state index in [2.05, 4.69) is 6.92 Å². The van der Waals surface area contributed by atoms with Crippen molar-refractivity contribution in [2.24, 2.45) is 0 Å². The van der Waals surface area contributed by atoms with Crippen LogP contribution in [0.1, 0.15) is 31.2 Å². The summed E-state index contributed by atoms with van der Waals surface area (Å²) in [5.41, 5.74) is 1.05. The highest BCUT2D eigenvalue weighted by Crippen LogP contribution is 2.30. The van der Waals surface area contributed by atoms with Crippen molar-refractivity contribution < 1.29 is 10.2 Å². The Bertz CT molecular complexity index is 301. The minimum absolute atomic E-state index is 0.193. The molecule has 0 saturated carbocycles. The molecule has 0 aliphatic carbocycles. The lowest BCUT2D eigenvalue weighted by atomic mass is 9.91. The second-order valence-corrected chi connectivity index (χ2v) is 4.11. The van der Waals surface area contributed by atoms with Gasteiger partial charge >= 0.3 is 0 Å². The van der Waals surface area contributed by atoms with Crippen molar-refractivity contribution in [3.8, 4) is 0 Å². The normalized spacial score (nSPS) is 14.9. The highest BCUT2D eigenvalue weighted by Gasteiger charge is 2.16. The molecule has 0 aromatic heterocycles. The molecule has 2 N–H and O–H groups in total. The maximum absolute atomic E-state index is 9.42. The van der Waals surface area contributed by atoms with Crippen molar-refractivity contribution in [1.29, 1.82) is 0 Å². The van der Waals surface area contributed by atoms with Gasteiger partial charge in [0.15, 0.2) is 0 Å². The lowest BCUT2D eigenvalue weighted by Gasteiger charge is -2.19. The first kappa shape index (κ1) is 12.5. The molecule has 3 heteroatoms. The summed E-state index contributed by atoms with van der Waals surface area (Å²) in [6.07, 6.45) is 0.795. The Morgan fingerprint density at radius 2 is 2.00 bits per heavy atom. The van der Waals surface area contributed by atoms with Crippen molar-refractivity contribution in [2.75, 3.05) is 6.61 Å². The molecule has 0 bridgehead atoms. The van der Waals surface area contributed by atoms with Gasteiger partial charge in [0.1, 0.15) is 0 Å². The molecule has 0 aliphatic heterocycles. The average Bonchev–Trinajstić information content (AvgIpc) is 2.26. The second kappa shape index (κ2) is 6.11. The fourth-order valence-electron chi connectivity index (χ4n) is 1.72. The standard InChI is InChI=1S/C12H17ClO2/c1-2-9(7-10(15)8-14)11-5-3-4-6-12(11)13/h3-6,9-10,14-15H,2,7-8H2,1H3. The molecule has 0 saturated heterocycles. The van der Waals surface area contributed by atoms with Crippen molar-refractivity contribution in [3.05, 3.63) is 34.9 Å². The Hall–Kier alpha value is -0.570. The number of hydrogen-bond acceptors (Lipinski definition) is 2. The van der Waals surface area contributed by atoms with E-state index in [9.17, 15) is 5.11 Å². The summed E-state index contributed by atoms with van der Waals surface area (Å²) in [6.45, 7) is 1.86. The van der Waals surface area contributed by atoms with Gasteiger partial charge < -0.3 is 10.2 Å². The smallest absolute Gasteiger partial charge is 0.0776 e. The lowest BCUT2D eigenvalue weighted by molar-refractivity contribution is 0.0817. The van der Waals surface area contributed by atoms with E-state index in [0.29, 0.717) is 6.42 Å². The van der Waals surface area contributed by atoms with E-state index >= 15 is 0 Å². The van der Waals surface area contributed by atoms with E-state index in [1.807, 2.05) is 24.3 Å². The van der Waals surface area contributed by atoms with Gasteiger partial charge in [-0.15, -0.1) is 0 Å². The number of aliphatic hydroxyl groups excluding tert-OH is 2. The van der Waals surface area contributed by atoms with Crippen molar-refractivity contribution in [2.45, 2.75) is 31.8 Å². The maximum atomic E-state index is 9.42. The molecule has 15 heavy (non-hydrogen) atoms. The van der Waals surface area contributed by atoms with Gasteiger partial charge in [-0.1, -0.05) is 36.7 Å². The zero-order valence-corrected chi connectivity index (χ0v) is 9.61. The monoisotopic (exact) mass is 228 g/mol. The van der Waals surface area contributed by atoms with Gasteiger partial charge in [0.05, 0.1) is 12.7 Å². The first-order valence-electron chi connectivity index (χ1n) is 5.22. The van der Waals surface area contributed by atoms with Crippen LogP contribution in [0.3, 0.4) is 0 Å². The fourth-order valence-corrected chi connectivity index (χ4v) is 2.01. The third-order valence-electron chi connectivity index (χ3n) is 2.61. The summed E-state index contributed by atoms with van der Waals surface area (Å²) in [5.74, 6) is 0.209. The zero-order valence-electron chi connectivity index (χ0n) is 8.86. The van der Waals surface area contributed by atoms with Gasteiger partial charge in [0, 0.05) is 5.02 Å². The summed E-state index contributed by atoms with van der Waals surface area (Å²) in [7, 11) is 0. The molecule has 2 unspecified atom stereocenters. The molecule has 2 atom stereocenters. The third kappa shape index (κ3) is 3.49. The molecule has 1 aromatic rings. The fraction of sp³-hybridized carbons (Fsp3) is 0.500. The Balaban J connectivity index is 2.78. The minimum atomic E-state index is -0.661. The summed E-state index contributed by atoms with van der Waals surface area (Å²) < 4.78 is 0. The van der Waals surface area contributed by atoms with Crippen LogP contribution in [-0.4, -0.2) is 22.9 Å². The van der Waals surface area contributed by atoms with Crippen LogP contribution in [0.15, 0.2) is 24.3 Å². The van der Waals surface area contributed by atoms with Crippen LogP contribution in [0.25, 0.3) is 0 Å². The molecule has 0 spiro atoms. The van der Waals surface area contributed by atoms with Gasteiger partial charge in [0.2, 0.25) is 0 Å². The Morgan fingerprint density at radius 3 is 2.53 bits per heavy atom. The van der Waals surface area contributed by atoms with Crippen LogP contribution in [-0.2, 0) is 0 Å². The quantitative estimate of drug-likeness (QED) is 0.813. The van der Waals surface area contributed by atoms with E-state index in [1.165, 1.54) is 0 Å². The Kier molecular flexibility index (Phi) is 5.09. The zero-order chi connectivity index (χ0) is 11.3. The van der Waals surface area contributed by atoms with E-state index in [4.69, 9.17) is 16.7 Å². The van der Waals surface area contributed by atoms with Crippen LogP contribution in [0.2, 0.25) is 5.02 Å². The molecule has 2 nitrogen and oxygen atoms in total. The second-order valence-electron chi connectivity index (χ2n) is 3.70. The van der Waals surface area contributed by atoms with Crippen molar-refractivity contribution >= 4 is 11.6 Å². The average molecular weight is 229 g/mol. The topological polar surface area (TPSA) is 40.5 Å². The van der Waals surface area contributed by atoms with Crippen molar-refractivity contribution in [3.63, 3.8) is 0 Å². The number of halogens is 1.